The average Bonchev–Trinajstić information content (AvgIpc) is 3.14. The van der Waals surface area contributed by atoms with Crippen molar-refractivity contribution < 1.29 is 17.9 Å². The smallest absolute Gasteiger partial charge is 0.252 e. The number of sulfonamides is 1. The zero-order valence-electron chi connectivity index (χ0n) is 14.0. The largest absolute Gasteiger partial charge is 0.376 e. The van der Waals surface area contributed by atoms with Crippen LogP contribution in [-0.2, 0) is 14.8 Å². The van der Waals surface area contributed by atoms with E-state index in [4.69, 9.17) is 4.74 Å². The molecule has 0 bridgehead atoms. The van der Waals surface area contributed by atoms with E-state index in [2.05, 4.69) is 21.2 Å². The monoisotopic (exact) mass is 430 g/mol. The highest BCUT2D eigenvalue weighted by Crippen LogP contribution is 2.25. The summed E-state index contributed by atoms with van der Waals surface area (Å²) in [5, 5.41) is 2.84. The number of nitrogens with one attached hydrogen (secondary N) is 1. The third kappa shape index (κ3) is 4.42. The fraction of sp³-hybridized carbons (Fsp3) is 0.588. The van der Waals surface area contributed by atoms with Crippen LogP contribution in [0.3, 0.4) is 0 Å². The number of halogens is 1. The maximum absolute atomic E-state index is 12.8. The molecule has 2 fully saturated rings. The zero-order chi connectivity index (χ0) is 17.9. The van der Waals surface area contributed by atoms with Gasteiger partial charge in [-0.15, -0.1) is 0 Å². The minimum Gasteiger partial charge on any atom is -0.376 e. The maximum atomic E-state index is 12.8. The summed E-state index contributed by atoms with van der Waals surface area (Å²) < 4.78 is 33.2. The van der Waals surface area contributed by atoms with Gasteiger partial charge in [0.25, 0.3) is 5.91 Å². The van der Waals surface area contributed by atoms with Crippen molar-refractivity contribution in [3.8, 4) is 0 Å². The van der Waals surface area contributed by atoms with E-state index in [-0.39, 0.29) is 16.9 Å². The SMILES string of the molecule is O=C(NCC1CCCO1)c1cc(S(=O)(=O)N2CCCCC2)ccc1Br. The van der Waals surface area contributed by atoms with Gasteiger partial charge < -0.3 is 10.1 Å². The first-order chi connectivity index (χ1) is 12.0. The summed E-state index contributed by atoms with van der Waals surface area (Å²) in [7, 11) is -3.56. The van der Waals surface area contributed by atoms with Crippen LogP contribution in [0, 0.1) is 0 Å². The Bertz CT molecular complexity index is 726. The number of carbonyl (C=O) groups is 1. The van der Waals surface area contributed by atoms with E-state index < -0.39 is 10.0 Å². The Balaban J connectivity index is 1.76. The molecule has 2 aliphatic heterocycles. The molecule has 2 heterocycles. The summed E-state index contributed by atoms with van der Waals surface area (Å²) in [5.41, 5.74) is 0.330. The van der Waals surface area contributed by atoms with E-state index in [1.54, 1.807) is 12.1 Å². The van der Waals surface area contributed by atoms with Crippen LogP contribution in [-0.4, -0.2) is 51.0 Å². The van der Waals surface area contributed by atoms with Gasteiger partial charge in [-0.2, -0.15) is 4.31 Å². The molecule has 1 aromatic carbocycles. The van der Waals surface area contributed by atoms with Crippen molar-refractivity contribution in [3.63, 3.8) is 0 Å². The minimum atomic E-state index is -3.56. The summed E-state index contributed by atoms with van der Waals surface area (Å²) >= 11 is 3.35. The Kier molecular flexibility index (Phi) is 6.14. The number of ether oxygens (including phenoxy) is 1. The number of nitrogens with zero attached hydrogens (tertiary/aromatic N) is 1. The van der Waals surface area contributed by atoms with Gasteiger partial charge in [0, 0.05) is 30.7 Å². The van der Waals surface area contributed by atoms with Crippen LogP contribution in [0.15, 0.2) is 27.6 Å². The Morgan fingerprint density at radius 3 is 2.68 bits per heavy atom. The Morgan fingerprint density at radius 1 is 1.24 bits per heavy atom. The molecular weight excluding hydrogens is 408 g/mol. The molecule has 8 heteroatoms. The van der Waals surface area contributed by atoms with Gasteiger partial charge in [-0.3, -0.25) is 4.79 Å². The molecule has 1 N–H and O–H groups in total. The summed E-state index contributed by atoms with van der Waals surface area (Å²) in [6, 6.07) is 4.63. The zero-order valence-corrected chi connectivity index (χ0v) is 16.4. The molecule has 0 radical (unpaired) electrons. The van der Waals surface area contributed by atoms with Crippen LogP contribution in [0.5, 0.6) is 0 Å². The van der Waals surface area contributed by atoms with Gasteiger partial charge in [0.05, 0.1) is 16.6 Å². The van der Waals surface area contributed by atoms with Crippen molar-refractivity contribution in [1.29, 1.82) is 0 Å². The van der Waals surface area contributed by atoms with E-state index >= 15 is 0 Å². The molecule has 3 rings (SSSR count). The number of benzene rings is 1. The first-order valence-corrected chi connectivity index (χ1v) is 10.9. The molecule has 2 aliphatic rings. The molecule has 1 aromatic rings. The minimum absolute atomic E-state index is 0.0444. The van der Waals surface area contributed by atoms with Crippen molar-refractivity contribution in [3.05, 3.63) is 28.2 Å². The van der Waals surface area contributed by atoms with Gasteiger partial charge in [0.15, 0.2) is 0 Å². The summed E-state index contributed by atoms with van der Waals surface area (Å²) in [6.07, 6.45) is 4.81. The van der Waals surface area contributed by atoms with Gasteiger partial charge in [-0.25, -0.2) is 8.42 Å². The van der Waals surface area contributed by atoms with Gasteiger partial charge in [-0.05, 0) is 59.8 Å². The summed E-state index contributed by atoms with van der Waals surface area (Å²) in [5.74, 6) is -0.293. The normalized spacial score (nSPS) is 22.0. The van der Waals surface area contributed by atoms with E-state index in [0.717, 1.165) is 38.7 Å². The standard InChI is InChI=1S/C17H23BrN2O4S/c18-16-7-6-14(25(22,23)20-8-2-1-3-9-20)11-15(16)17(21)19-12-13-5-4-10-24-13/h6-7,11,13H,1-5,8-10,12H2,(H,19,21). The molecule has 25 heavy (non-hydrogen) atoms. The van der Waals surface area contributed by atoms with E-state index in [0.29, 0.717) is 29.7 Å². The summed E-state index contributed by atoms with van der Waals surface area (Å²) in [4.78, 5) is 12.6. The fourth-order valence-corrected chi connectivity index (χ4v) is 5.17. The first kappa shape index (κ1) is 18.8. The Labute approximate surface area is 157 Å². The highest BCUT2D eigenvalue weighted by atomic mass is 79.9. The number of piperidine rings is 1. The molecule has 0 aromatic heterocycles. The second-order valence-electron chi connectivity index (χ2n) is 6.45. The summed E-state index contributed by atoms with van der Waals surface area (Å²) in [6.45, 7) is 2.25. The Morgan fingerprint density at radius 2 is 2.00 bits per heavy atom. The maximum Gasteiger partial charge on any atom is 0.252 e. The average molecular weight is 431 g/mol. The molecule has 138 valence electrons. The lowest BCUT2D eigenvalue weighted by atomic mass is 10.2. The van der Waals surface area contributed by atoms with Crippen LogP contribution in [0.1, 0.15) is 42.5 Å². The van der Waals surface area contributed by atoms with Crippen LogP contribution in [0.25, 0.3) is 0 Å². The molecule has 0 spiro atoms. The molecule has 6 nitrogen and oxygen atoms in total. The number of rotatable bonds is 5. The first-order valence-electron chi connectivity index (χ1n) is 8.68. The van der Waals surface area contributed by atoms with Gasteiger partial charge in [0.1, 0.15) is 0 Å². The van der Waals surface area contributed by atoms with Gasteiger partial charge in [-0.1, -0.05) is 6.42 Å². The molecule has 1 amide bonds. The lowest BCUT2D eigenvalue weighted by Crippen LogP contribution is -2.36. The van der Waals surface area contributed by atoms with Crippen molar-refractivity contribution in [2.24, 2.45) is 0 Å². The fourth-order valence-electron chi connectivity index (χ4n) is 3.20. The van der Waals surface area contributed by atoms with Gasteiger partial charge >= 0.3 is 0 Å². The van der Waals surface area contributed by atoms with Crippen molar-refractivity contribution in [2.75, 3.05) is 26.2 Å². The predicted octanol–water partition coefficient (Wildman–Crippen LogP) is 2.53. The quantitative estimate of drug-likeness (QED) is 0.778. The lowest BCUT2D eigenvalue weighted by Gasteiger charge is -2.26. The third-order valence-electron chi connectivity index (χ3n) is 4.65. The Hall–Kier alpha value is -0.960. The molecule has 0 aliphatic carbocycles. The van der Waals surface area contributed by atoms with E-state index in [1.807, 2.05) is 0 Å². The number of hydrogen-bond acceptors (Lipinski definition) is 4. The van der Waals surface area contributed by atoms with Crippen LogP contribution < -0.4 is 5.32 Å². The lowest BCUT2D eigenvalue weighted by molar-refractivity contribution is 0.0857. The third-order valence-corrected chi connectivity index (χ3v) is 7.24. The predicted molar refractivity (Wildman–Crippen MR) is 98.1 cm³/mol. The topological polar surface area (TPSA) is 75.7 Å². The highest BCUT2D eigenvalue weighted by Gasteiger charge is 2.27. The molecule has 2 saturated heterocycles. The van der Waals surface area contributed by atoms with Crippen molar-refractivity contribution >= 4 is 31.9 Å². The van der Waals surface area contributed by atoms with Gasteiger partial charge in [0.2, 0.25) is 10.0 Å². The highest BCUT2D eigenvalue weighted by molar-refractivity contribution is 9.10. The van der Waals surface area contributed by atoms with E-state index in [1.165, 1.54) is 10.4 Å². The van der Waals surface area contributed by atoms with Crippen LogP contribution in [0.4, 0.5) is 0 Å². The van der Waals surface area contributed by atoms with Crippen LogP contribution >= 0.6 is 15.9 Å². The number of hydrogen-bond donors (Lipinski definition) is 1. The van der Waals surface area contributed by atoms with Crippen molar-refractivity contribution in [2.45, 2.75) is 43.1 Å². The number of amides is 1. The molecule has 1 unspecified atom stereocenters. The van der Waals surface area contributed by atoms with Crippen molar-refractivity contribution in [1.82, 2.24) is 9.62 Å². The molecular formula is C17H23BrN2O4S. The van der Waals surface area contributed by atoms with E-state index in [9.17, 15) is 13.2 Å². The van der Waals surface area contributed by atoms with Crippen LogP contribution in [0.2, 0.25) is 0 Å². The molecule has 0 saturated carbocycles. The number of carbonyl (C=O) groups excluding carboxylic acids is 1. The second-order valence-corrected chi connectivity index (χ2v) is 9.24. The molecule has 1 atom stereocenters. The second kappa shape index (κ2) is 8.16.